The number of nitriles is 1. The number of esters is 2. The van der Waals surface area contributed by atoms with Crippen molar-refractivity contribution in [2.75, 3.05) is 25.6 Å². The van der Waals surface area contributed by atoms with Crippen LogP contribution in [0.5, 0.6) is 5.75 Å². The van der Waals surface area contributed by atoms with Crippen molar-refractivity contribution in [1.82, 2.24) is 0 Å². The van der Waals surface area contributed by atoms with Gasteiger partial charge < -0.3 is 24.6 Å². The number of nitrogens with one attached hydrogen (secondary N) is 1. The minimum absolute atomic E-state index is 0. The van der Waals surface area contributed by atoms with Gasteiger partial charge in [-0.05, 0) is 69.4 Å². The summed E-state index contributed by atoms with van der Waals surface area (Å²) in [4.78, 5) is 39.2. The molecular formula is C27H27KN2O7S. The van der Waals surface area contributed by atoms with Crippen molar-refractivity contribution in [3.8, 4) is 11.8 Å². The van der Waals surface area contributed by atoms with Gasteiger partial charge in [0.2, 0.25) is 0 Å². The van der Waals surface area contributed by atoms with Gasteiger partial charge in [0.05, 0.1) is 25.9 Å². The average molecular weight is 563 g/mol. The summed E-state index contributed by atoms with van der Waals surface area (Å²) in [6.45, 7) is 3.36. The predicted molar refractivity (Wildman–Crippen MR) is 135 cm³/mol. The van der Waals surface area contributed by atoms with Crippen molar-refractivity contribution in [3.63, 3.8) is 0 Å². The van der Waals surface area contributed by atoms with Crippen LogP contribution in [0.1, 0.15) is 57.8 Å². The van der Waals surface area contributed by atoms with Crippen molar-refractivity contribution < 1.29 is 85.1 Å². The minimum atomic E-state index is -1.10. The number of carbonyl (C=O) groups excluding carboxylic acids is 3. The van der Waals surface area contributed by atoms with Crippen molar-refractivity contribution in [1.29, 1.82) is 5.26 Å². The molecule has 1 aliphatic carbocycles. The fourth-order valence-electron chi connectivity index (χ4n) is 3.85. The second-order valence-corrected chi connectivity index (χ2v) is 9.05. The molecule has 11 heteroatoms. The summed E-state index contributed by atoms with van der Waals surface area (Å²) in [5.41, 5.74) is 0.266. The van der Waals surface area contributed by atoms with E-state index in [4.69, 9.17) is 14.2 Å². The third-order valence-electron chi connectivity index (χ3n) is 5.61. The molecule has 0 saturated carbocycles. The van der Waals surface area contributed by atoms with E-state index in [0.717, 1.165) is 35.8 Å². The summed E-state index contributed by atoms with van der Waals surface area (Å²) >= 11 is 1.29. The maximum atomic E-state index is 13.3. The van der Waals surface area contributed by atoms with Crippen molar-refractivity contribution in [3.05, 3.63) is 68.9 Å². The Morgan fingerprint density at radius 3 is 2.37 bits per heavy atom. The molecule has 0 aliphatic heterocycles. The first kappa shape index (κ1) is 31.8. The Hall–Kier alpha value is -2.46. The van der Waals surface area contributed by atoms with Gasteiger partial charge in [-0.1, -0.05) is 5.76 Å². The maximum Gasteiger partial charge on any atom is 1.00 e. The molecule has 1 N–H and O–H groups in total. The maximum absolute atomic E-state index is 13.3. The van der Waals surface area contributed by atoms with E-state index < -0.39 is 29.1 Å². The molecule has 1 aromatic heterocycles. The zero-order valence-electron chi connectivity index (χ0n) is 21.8. The Bertz CT molecular complexity index is 1290. The monoisotopic (exact) mass is 562 g/mol. The number of hydrogen-bond acceptors (Lipinski definition) is 10. The normalized spacial score (nSPS) is 13.2. The van der Waals surface area contributed by atoms with E-state index in [9.17, 15) is 24.8 Å². The summed E-state index contributed by atoms with van der Waals surface area (Å²) in [6, 6.07) is 7.81. The Kier molecular flexibility index (Phi) is 12.7. The summed E-state index contributed by atoms with van der Waals surface area (Å²) in [5.74, 6) is -2.69. The molecule has 0 unspecified atom stereocenters. The quantitative estimate of drug-likeness (QED) is 0.0843. The molecule has 1 aliphatic rings. The first-order valence-corrected chi connectivity index (χ1v) is 12.6. The number of ketones is 1. The molecule has 0 amide bonds. The van der Waals surface area contributed by atoms with E-state index in [1.165, 1.54) is 30.6 Å². The number of allylic oxidation sites excluding steroid dienone is 1. The van der Waals surface area contributed by atoms with Gasteiger partial charge in [0.25, 0.3) is 0 Å². The number of thiophene rings is 1. The van der Waals surface area contributed by atoms with Crippen molar-refractivity contribution in [2.45, 2.75) is 39.5 Å². The summed E-state index contributed by atoms with van der Waals surface area (Å²) in [6.07, 6.45) is 4.32. The second kappa shape index (κ2) is 15.2. The molecule has 0 atom stereocenters. The van der Waals surface area contributed by atoms with E-state index in [1.807, 2.05) is 0 Å². The van der Waals surface area contributed by atoms with Crippen LogP contribution in [-0.2, 0) is 27.1 Å². The number of benzene rings is 1. The van der Waals surface area contributed by atoms with Crippen LogP contribution in [0.15, 0.2) is 47.4 Å². The van der Waals surface area contributed by atoms with E-state index in [2.05, 4.69) is 5.32 Å². The van der Waals surface area contributed by atoms with E-state index in [0.29, 0.717) is 22.7 Å². The van der Waals surface area contributed by atoms with Gasteiger partial charge in [0, 0.05) is 22.2 Å². The first-order chi connectivity index (χ1) is 17.8. The predicted octanol–water partition coefficient (Wildman–Crippen LogP) is 0.696. The zero-order valence-corrected chi connectivity index (χ0v) is 25.8. The van der Waals surface area contributed by atoms with Crippen LogP contribution in [0.25, 0.3) is 0 Å². The number of ether oxygens (including phenoxy) is 3. The number of aryl methyl sites for hydroxylation is 1. The third-order valence-corrected chi connectivity index (χ3v) is 6.82. The number of hydrogen-bond donors (Lipinski definition) is 1. The molecule has 0 spiro atoms. The van der Waals surface area contributed by atoms with Crippen LogP contribution >= 0.6 is 11.3 Å². The van der Waals surface area contributed by atoms with Crippen molar-refractivity contribution >= 4 is 34.1 Å². The van der Waals surface area contributed by atoms with E-state index >= 15 is 0 Å². The molecule has 0 bridgehead atoms. The Balaban J connectivity index is 0.00000507. The van der Waals surface area contributed by atoms with Gasteiger partial charge >= 0.3 is 63.3 Å². The number of carbonyl (C=O) groups is 3. The average Bonchev–Trinajstić information content (AvgIpc) is 3.27. The molecule has 9 nitrogen and oxygen atoms in total. The molecule has 194 valence electrons. The SMILES string of the molecule is CCOC(=O)/C(C#N)=C([O-])/C(=C/C(=O)c1ccc(OC)cc1)Nc1sc2c(c1C(=O)OCC)CCCC2.[K+]. The molecule has 2 aromatic rings. The smallest absolute Gasteiger partial charge is 0.870 e. The molecular weight excluding hydrogens is 535 g/mol. The standard InChI is InChI=1S/C27H28N2O7S.K/c1-4-35-26(32)19(15-28)24(31)20(14-21(30)16-10-12-17(34-3)13-11-16)29-25-23(27(33)36-5-2)18-8-6-7-9-22(18)37-25;/h10-14,29,31H,4-9H2,1-3H3;/q;+1/p-1/b20-14-,24-19-;. The van der Waals surface area contributed by atoms with Crippen LogP contribution in [0.4, 0.5) is 5.00 Å². The number of rotatable bonds is 10. The fraction of sp³-hybridized carbons (Fsp3) is 0.333. The topological polar surface area (TPSA) is 138 Å². The van der Waals surface area contributed by atoms with Gasteiger partial charge in [-0.2, -0.15) is 5.26 Å². The molecule has 0 saturated heterocycles. The number of fused-ring (bicyclic) bond motifs is 1. The van der Waals surface area contributed by atoms with Crippen LogP contribution in [0.2, 0.25) is 0 Å². The Morgan fingerprint density at radius 1 is 1.11 bits per heavy atom. The molecule has 1 aromatic carbocycles. The van der Waals surface area contributed by atoms with Gasteiger partial charge in [-0.25, -0.2) is 9.59 Å². The van der Waals surface area contributed by atoms with E-state index in [-0.39, 0.29) is 75.9 Å². The van der Waals surface area contributed by atoms with Crippen LogP contribution in [0, 0.1) is 11.3 Å². The minimum Gasteiger partial charge on any atom is -0.870 e. The molecule has 0 radical (unpaired) electrons. The first-order valence-electron chi connectivity index (χ1n) is 11.8. The fourth-order valence-corrected chi connectivity index (χ4v) is 5.14. The summed E-state index contributed by atoms with van der Waals surface area (Å²) < 4.78 is 15.2. The number of anilines is 1. The molecule has 0 fully saturated rings. The Morgan fingerprint density at radius 2 is 1.76 bits per heavy atom. The van der Waals surface area contributed by atoms with Gasteiger partial charge in [0.1, 0.15) is 22.4 Å². The largest absolute Gasteiger partial charge is 1.00 e. The Labute approximate surface area is 267 Å². The zero-order chi connectivity index (χ0) is 26.9. The third kappa shape index (κ3) is 7.56. The van der Waals surface area contributed by atoms with Crippen LogP contribution in [0.3, 0.4) is 0 Å². The summed E-state index contributed by atoms with van der Waals surface area (Å²) in [5, 5.41) is 26.1. The van der Waals surface area contributed by atoms with Crippen molar-refractivity contribution in [2.24, 2.45) is 0 Å². The van der Waals surface area contributed by atoms with Gasteiger partial charge in [-0.3, -0.25) is 4.79 Å². The van der Waals surface area contributed by atoms with Gasteiger partial charge in [-0.15, -0.1) is 11.3 Å². The molecule has 38 heavy (non-hydrogen) atoms. The van der Waals surface area contributed by atoms with Gasteiger partial charge in [0.15, 0.2) is 5.78 Å². The summed E-state index contributed by atoms with van der Waals surface area (Å²) in [7, 11) is 1.49. The number of nitrogens with zero attached hydrogens (tertiary/aromatic N) is 1. The molecule has 1 heterocycles. The van der Waals surface area contributed by atoms with E-state index in [1.54, 1.807) is 32.0 Å². The van der Waals surface area contributed by atoms with Crippen LogP contribution in [-0.4, -0.2) is 38.0 Å². The van der Waals surface area contributed by atoms with Crippen LogP contribution < -0.4 is 66.5 Å². The second-order valence-electron chi connectivity index (χ2n) is 7.95. The molecule has 3 rings (SSSR count). The number of methoxy groups -OCH3 is 1.